The molecule has 0 spiro atoms. The van der Waals surface area contributed by atoms with Crippen LogP contribution in [0.25, 0.3) is 0 Å². The van der Waals surface area contributed by atoms with Crippen LogP contribution in [0.2, 0.25) is 5.02 Å². The minimum atomic E-state index is -5.08. The number of alkyl halides is 3. The van der Waals surface area contributed by atoms with Gasteiger partial charge in [0, 0.05) is 28.6 Å². The molecule has 0 aliphatic carbocycles. The zero-order chi connectivity index (χ0) is 26.8. The van der Waals surface area contributed by atoms with Crippen molar-refractivity contribution in [3.8, 4) is 0 Å². The third-order valence-electron chi connectivity index (χ3n) is 4.75. The fourth-order valence-corrected chi connectivity index (χ4v) is 4.28. The molecule has 3 rings (SSSR count). The zero-order valence-electron chi connectivity index (χ0n) is 19.7. The van der Waals surface area contributed by atoms with Crippen LogP contribution in [-0.4, -0.2) is 49.4 Å². The fourth-order valence-electron chi connectivity index (χ4n) is 3.04. The Bertz CT molecular complexity index is 1110. The number of amides is 3. The molecule has 2 heterocycles. The van der Waals surface area contributed by atoms with Gasteiger partial charge >= 0.3 is 18.2 Å². The Balaban J connectivity index is 0.000000540. The van der Waals surface area contributed by atoms with E-state index in [1.54, 1.807) is 55.0 Å². The number of pyridine rings is 1. The number of hydrogen-bond donors (Lipinski definition) is 1. The Labute approximate surface area is 210 Å². The maximum atomic E-state index is 13.1. The molecule has 1 fully saturated rings. The van der Waals surface area contributed by atoms with Crippen LogP contribution in [0.5, 0.6) is 0 Å². The first kappa shape index (κ1) is 28.4. The van der Waals surface area contributed by atoms with Gasteiger partial charge in [-0.1, -0.05) is 32.4 Å². The molecule has 12 heteroatoms. The first-order valence-corrected chi connectivity index (χ1v) is 11.5. The molecule has 1 aliphatic rings. The van der Waals surface area contributed by atoms with Crippen LogP contribution in [0.15, 0.2) is 47.6 Å². The lowest BCUT2D eigenvalue weighted by Gasteiger charge is -2.27. The van der Waals surface area contributed by atoms with Crippen molar-refractivity contribution in [2.24, 2.45) is 0 Å². The van der Waals surface area contributed by atoms with E-state index >= 15 is 0 Å². The van der Waals surface area contributed by atoms with Crippen molar-refractivity contribution in [3.63, 3.8) is 0 Å². The predicted molar refractivity (Wildman–Crippen MR) is 127 cm³/mol. The van der Waals surface area contributed by atoms with Crippen LogP contribution < -0.4 is 4.90 Å². The highest BCUT2D eigenvalue weighted by atomic mass is 35.5. The Morgan fingerprint density at radius 3 is 2.11 bits per heavy atom. The summed E-state index contributed by atoms with van der Waals surface area (Å²) in [6, 6.07) is 8.67. The fraction of sp³-hybridized carbons (Fsp3) is 0.391. The first-order chi connectivity index (χ1) is 15.9. The van der Waals surface area contributed by atoms with Crippen molar-refractivity contribution in [2.75, 3.05) is 4.90 Å². The number of carboxylic acid groups (broad SMARTS) is 1. The molecule has 1 aromatic heterocycles. The van der Waals surface area contributed by atoms with Gasteiger partial charge in [-0.05, 0) is 49.7 Å². The molecule has 0 unspecified atom stereocenters. The molecule has 190 valence electrons. The SMILES string of the molecule is CC(C)(C)Sc1ccc(N2C(=O)N(Cc3ccncc3)C(C)(C)C2=O)cc1Cl.O=C(O)C(F)(F)F. The lowest BCUT2D eigenvalue weighted by Crippen LogP contribution is -2.43. The second-order valence-corrected chi connectivity index (χ2v) is 11.3. The summed E-state index contributed by atoms with van der Waals surface area (Å²) >= 11 is 8.10. The van der Waals surface area contributed by atoms with E-state index in [1.807, 2.05) is 18.2 Å². The number of aliphatic carboxylic acids is 1. The number of thioether (sulfide) groups is 1. The molecule has 1 aliphatic heterocycles. The summed E-state index contributed by atoms with van der Waals surface area (Å²) in [5.41, 5.74) is 0.454. The number of imide groups is 1. The summed E-state index contributed by atoms with van der Waals surface area (Å²) in [6.07, 6.45) is -1.73. The van der Waals surface area contributed by atoms with Gasteiger partial charge in [0.05, 0.1) is 10.7 Å². The van der Waals surface area contributed by atoms with E-state index in [0.29, 0.717) is 17.3 Å². The van der Waals surface area contributed by atoms with Gasteiger partial charge in [-0.3, -0.25) is 9.78 Å². The molecular formula is C23H25ClF3N3O4S. The van der Waals surface area contributed by atoms with Crippen molar-refractivity contribution in [2.45, 2.75) is 62.5 Å². The summed E-state index contributed by atoms with van der Waals surface area (Å²) in [4.78, 5) is 42.8. The van der Waals surface area contributed by atoms with E-state index in [0.717, 1.165) is 10.5 Å². The number of urea groups is 1. The largest absolute Gasteiger partial charge is 0.490 e. The molecule has 1 N–H and O–H groups in total. The second-order valence-electron chi connectivity index (χ2n) is 9.06. The third-order valence-corrected chi connectivity index (χ3v) is 6.36. The summed E-state index contributed by atoms with van der Waals surface area (Å²) < 4.78 is 31.7. The highest BCUT2D eigenvalue weighted by molar-refractivity contribution is 8.00. The van der Waals surface area contributed by atoms with Crippen LogP contribution in [0.1, 0.15) is 40.2 Å². The molecular weight excluding hydrogens is 507 g/mol. The molecule has 0 bridgehead atoms. The summed E-state index contributed by atoms with van der Waals surface area (Å²) in [5.74, 6) is -3.02. The maximum Gasteiger partial charge on any atom is 0.490 e. The van der Waals surface area contributed by atoms with Gasteiger partial charge in [0.15, 0.2) is 0 Å². The van der Waals surface area contributed by atoms with Crippen LogP contribution in [-0.2, 0) is 16.1 Å². The van der Waals surface area contributed by atoms with Crippen molar-refractivity contribution >= 4 is 47.0 Å². The number of hydrogen-bond acceptors (Lipinski definition) is 5. The van der Waals surface area contributed by atoms with E-state index in [4.69, 9.17) is 21.5 Å². The highest BCUT2D eigenvalue weighted by Crippen LogP contribution is 2.40. The van der Waals surface area contributed by atoms with E-state index in [-0.39, 0.29) is 16.7 Å². The molecule has 1 saturated heterocycles. The molecule has 0 atom stereocenters. The minimum Gasteiger partial charge on any atom is -0.475 e. The number of rotatable bonds is 4. The minimum absolute atomic E-state index is 0.00771. The molecule has 0 radical (unpaired) electrons. The van der Waals surface area contributed by atoms with Crippen molar-refractivity contribution in [1.82, 2.24) is 9.88 Å². The Hall–Kier alpha value is -2.79. The number of anilines is 1. The van der Waals surface area contributed by atoms with E-state index in [2.05, 4.69) is 25.8 Å². The lowest BCUT2D eigenvalue weighted by molar-refractivity contribution is -0.192. The van der Waals surface area contributed by atoms with Crippen LogP contribution >= 0.6 is 23.4 Å². The van der Waals surface area contributed by atoms with Crippen LogP contribution in [0.3, 0.4) is 0 Å². The van der Waals surface area contributed by atoms with E-state index in [1.165, 1.54) is 4.90 Å². The van der Waals surface area contributed by atoms with Gasteiger partial charge < -0.3 is 10.0 Å². The highest BCUT2D eigenvalue weighted by Gasteiger charge is 2.51. The Morgan fingerprint density at radius 1 is 1.11 bits per heavy atom. The average Bonchev–Trinajstić information content (AvgIpc) is 2.89. The summed E-state index contributed by atoms with van der Waals surface area (Å²) in [6.45, 7) is 10.2. The third kappa shape index (κ3) is 7.11. The number of aromatic nitrogens is 1. The van der Waals surface area contributed by atoms with Gasteiger partial charge in [0.1, 0.15) is 5.54 Å². The summed E-state index contributed by atoms with van der Waals surface area (Å²) in [5, 5.41) is 7.66. The van der Waals surface area contributed by atoms with Gasteiger partial charge in [0.2, 0.25) is 0 Å². The number of carbonyl (C=O) groups is 3. The van der Waals surface area contributed by atoms with Gasteiger partial charge in [0.25, 0.3) is 5.91 Å². The number of carbonyl (C=O) groups excluding carboxylic acids is 2. The Kier molecular flexibility index (Phi) is 8.49. The van der Waals surface area contributed by atoms with Gasteiger partial charge in [-0.15, -0.1) is 11.8 Å². The maximum absolute atomic E-state index is 13.1. The number of benzene rings is 1. The number of carboxylic acids is 1. The van der Waals surface area contributed by atoms with Gasteiger partial charge in [-0.2, -0.15) is 13.2 Å². The standard InChI is InChI=1S/C21H24ClN3O2S.C2HF3O2/c1-20(2,3)28-17-7-6-15(12-16(17)22)25-18(26)21(4,5)24(19(25)27)13-14-8-10-23-11-9-14;3-2(4,5)1(6)7/h6-12H,13H2,1-5H3;(H,6,7). The molecule has 0 saturated carbocycles. The van der Waals surface area contributed by atoms with E-state index in [9.17, 15) is 22.8 Å². The van der Waals surface area contributed by atoms with Crippen molar-refractivity contribution in [1.29, 1.82) is 0 Å². The molecule has 2 aromatic rings. The van der Waals surface area contributed by atoms with Gasteiger partial charge in [-0.25, -0.2) is 14.5 Å². The smallest absolute Gasteiger partial charge is 0.475 e. The Morgan fingerprint density at radius 2 is 1.66 bits per heavy atom. The number of halogens is 4. The monoisotopic (exact) mass is 531 g/mol. The normalized spacial score (nSPS) is 15.7. The van der Waals surface area contributed by atoms with Crippen molar-refractivity contribution in [3.05, 3.63) is 53.3 Å². The second kappa shape index (κ2) is 10.4. The zero-order valence-corrected chi connectivity index (χ0v) is 21.3. The first-order valence-electron chi connectivity index (χ1n) is 10.3. The van der Waals surface area contributed by atoms with Crippen molar-refractivity contribution < 1.29 is 32.7 Å². The molecule has 7 nitrogen and oxygen atoms in total. The predicted octanol–water partition coefficient (Wildman–Crippen LogP) is 6.01. The quantitative estimate of drug-likeness (QED) is 0.384. The topological polar surface area (TPSA) is 90.8 Å². The van der Waals surface area contributed by atoms with Crippen LogP contribution in [0.4, 0.5) is 23.7 Å². The lowest BCUT2D eigenvalue weighted by atomic mass is 10.0. The van der Waals surface area contributed by atoms with Crippen LogP contribution in [0, 0.1) is 0 Å². The molecule has 35 heavy (non-hydrogen) atoms. The van der Waals surface area contributed by atoms with E-state index < -0.39 is 17.7 Å². The molecule has 1 aromatic carbocycles. The average molecular weight is 532 g/mol. The molecule has 3 amide bonds. The number of nitrogens with zero attached hydrogens (tertiary/aromatic N) is 3. The summed E-state index contributed by atoms with van der Waals surface area (Å²) in [7, 11) is 0.